The first-order valence-corrected chi connectivity index (χ1v) is 6.37. The first-order valence-electron chi connectivity index (χ1n) is 6.37. The molecule has 0 amide bonds. The lowest BCUT2D eigenvalue weighted by Gasteiger charge is -2.08. The van der Waals surface area contributed by atoms with Gasteiger partial charge in [-0.05, 0) is 18.2 Å². The summed E-state index contributed by atoms with van der Waals surface area (Å²) in [4.78, 5) is 8.62. The molecule has 0 aliphatic heterocycles. The van der Waals surface area contributed by atoms with Gasteiger partial charge in [-0.2, -0.15) is 5.26 Å². The normalized spacial score (nSPS) is 10.1. The molecule has 0 unspecified atom stereocenters. The molecule has 0 fully saturated rings. The van der Waals surface area contributed by atoms with Crippen LogP contribution in [0.5, 0.6) is 5.88 Å². The minimum absolute atomic E-state index is 0.546. The van der Waals surface area contributed by atoms with Gasteiger partial charge in [0.1, 0.15) is 5.82 Å². The highest BCUT2D eigenvalue weighted by Crippen LogP contribution is 2.22. The van der Waals surface area contributed by atoms with Gasteiger partial charge in [-0.1, -0.05) is 18.2 Å². The second-order valence-electron chi connectivity index (χ2n) is 4.40. The number of methoxy groups -OCH3 is 1. The lowest BCUT2D eigenvalue weighted by Crippen LogP contribution is -1.96. The molecular formula is C16H12N4O. The Kier molecular flexibility index (Phi) is 3.36. The second kappa shape index (κ2) is 5.47. The van der Waals surface area contributed by atoms with E-state index in [1.165, 1.54) is 0 Å². The van der Waals surface area contributed by atoms with Gasteiger partial charge in [-0.25, -0.2) is 9.97 Å². The van der Waals surface area contributed by atoms with E-state index in [1.54, 1.807) is 25.4 Å². The van der Waals surface area contributed by atoms with Crippen LogP contribution in [0.3, 0.4) is 0 Å². The van der Waals surface area contributed by atoms with Gasteiger partial charge in [-0.3, -0.25) is 0 Å². The van der Waals surface area contributed by atoms with Crippen LogP contribution in [0.1, 0.15) is 5.56 Å². The van der Waals surface area contributed by atoms with E-state index in [-0.39, 0.29) is 0 Å². The molecule has 3 rings (SSSR count). The van der Waals surface area contributed by atoms with Gasteiger partial charge in [0.15, 0.2) is 0 Å². The minimum atomic E-state index is 0.546. The Morgan fingerprint density at radius 2 is 2.05 bits per heavy atom. The number of aromatic nitrogens is 2. The van der Waals surface area contributed by atoms with E-state index in [9.17, 15) is 5.26 Å². The standard InChI is InChI=1S/C16H12N4O/c1-21-16-7-6-12(10-18-16)19-15-8-11(9-17)13-4-2-3-5-14(13)20-15/h2-8,10H,1H3,(H,19,20). The highest BCUT2D eigenvalue weighted by Gasteiger charge is 2.05. The van der Waals surface area contributed by atoms with E-state index < -0.39 is 0 Å². The number of hydrogen-bond acceptors (Lipinski definition) is 5. The Bertz CT molecular complexity index is 822. The zero-order chi connectivity index (χ0) is 14.7. The summed E-state index contributed by atoms with van der Waals surface area (Å²) in [6.45, 7) is 0. The molecule has 5 heteroatoms. The fourth-order valence-electron chi connectivity index (χ4n) is 2.05. The molecule has 0 spiro atoms. The third-order valence-electron chi connectivity index (χ3n) is 3.05. The van der Waals surface area contributed by atoms with Crippen molar-refractivity contribution in [2.75, 3.05) is 12.4 Å². The molecule has 102 valence electrons. The molecule has 21 heavy (non-hydrogen) atoms. The van der Waals surface area contributed by atoms with E-state index in [0.717, 1.165) is 16.6 Å². The maximum atomic E-state index is 9.26. The van der Waals surface area contributed by atoms with Crippen LogP contribution >= 0.6 is 0 Å². The van der Waals surface area contributed by atoms with Crippen molar-refractivity contribution < 1.29 is 4.74 Å². The molecule has 2 heterocycles. The van der Waals surface area contributed by atoms with Gasteiger partial charge in [0.25, 0.3) is 0 Å². The van der Waals surface area contributed by atoms with Crippen LogP contribution in [0.15, 0.2) is 48.7 Å². The van der Waals surface area contributed by atoms with Crippen molar-refractivity contribution in [2.24, 2.45) is 0 Å². The first-order chi connectivity index (χ1) is 10.3. The molecule has 0 aliphatic rings. The van der Waals surface area contributed by atoms with Gasteiger partial charge in [-0.15, -0.1) is 0 Å². The van der Waals surface area contributed by atoms with Crippen molar-refractivity contribution in [1.29, 1.82) is 5.26 Å². The van der Waals surface area contributed by atoms with Crippen LogP contribution in [-0.4, -0.2) is 17.1 Å². The Labute approximate surface area is 121 Å². The topological polar surface area (TPSA) is 70.8 Å². The van der Waals surface area contributed by atoms with Crippen molar-refractivity contribution in [3.63, 3.8) is 0 Å². The van der Waals surface area contributed by atoms with Gasteiger partial charge in [0.2, 0.25) is 5.88 Å². The van der Waals surface area contributed by atoms with E-state index in [0.29, 0.717) is 17.3 Å². The number of benzene rings is 1. The largest absolute Gasteiger partial charge is 0.481 e. The van der Waals surface area contributed by atoms with Gasteiger partial charge in [0, 0.05) is 11.5 Å². The van der Waals surface area contributed by atoms with Crippen LogP contribution in [0.4, 0.5) is 11.5 Å². The van der Waals surface area contributed by atoms with E-state index in [1.807, 2.05) is 30.3 Å². The van der Waals surface area contributed by atoms with Crippen molar-refractivity contribution in [3.05, 3.63) is 54.2 Å². The van der Waals surface area contributed by atoms with E-state index >= 15 is 0 Å². The lowest BCUT2D eigenvalue weighted by atomic mass is 10.1. The third kappa shape index (κ3) is 2.60. The maximum Gasteiger partial charge on any atom is 0.213 e. The predicted octanol–water partition coefficient (Wildman–Crippen LogP) is 3.25. The molecular weight excluding hydrogens is 264 g/mol. The number of pyridine rings is 2. The Balaban J connectivity index is 1.98. The highest BCUT2D eigenvalue weighted by atomic mass is 16.5. The lowest BCUT2D eigenvalue weighted by molar-refractivity contribution is 0.398. The van der Waals surface area contributed by atoms with Crippen LogP contribution in [0, 0.1) is 11.3 Å². The zero-order valence-corrected chi connectivity index (χ0v) is 11.4. The summed E-state index contributed by atoms with van der Waals surface area (Å²) in [7, 11) is 1.57. The second-order valence-corrected chi connectivity index (χ2v) is 4.40. The molecule has 0 atom stereocenters. The zero-order valence-electron chi connectivity index (χ0n) is 11.4. The number of nitriles is 1. The van der Waals surface area contributed by atoms with Gasteiger partial charge in [0.05, 0.1) is 36.1 Å². The van der Waals surface area contributed by atoms with Crippen LogP contribution in [0.25, 0.3) is 10.9 Å². The number of anilines is 2. The van der Waals surface area contributed by atoms with Crippen molar-refractivity contribution in [1.82, 2.24) is 9.97 Å². The summed E-state index contributed by atoms with van der Waals surface area (Å²) in [6, 6.07) is 15.1. The molecule has 3 aromatic rings. The predicted molar refractivity (Wildman–Crippen MR) is 80.5 cm³/mol. The molecule has 0 aliphatic carbocycles. The number of hydrogen-bond donors (Lipinski definition) is 1. The average Bonchev–Trinajstić information content (AvgIpc) is 2.55. The summed E-state index contributed by atoms with van der Waals surface area (Å²) in [5.74, 6) is 1.15. The van der Waals surface area contributed by atoms with Crippen molar-refractivity contribution in [2.45, 2.75) is 0 Å². The van der Waals surface area contributed by atoms with Crippen LogP contribution in [0.2, 0.25) is 0 Å². The number of nitrogens with zero attached hydrogens (tertiary/aromatic N) is 3. The van der Waals surface area contributed by atoms with Gasteiger partial charge >= 0.3 is 0 Å². The van der Waals surface area contributed by atoms with E-state index in [4.69, 9.17) is 4.74 Å². The Hall–Kier alpha value is -3.13. The summed E-state index contributed by atoms with van der Waals surface area (Å²) in [5, 5.41) is 13.2. The monoisotopic (exact) mass is 276 g/mol. The molecule has 1 aromatic carbocycles. The molecule has 0 bridgehead atoms. The number of fused-ring (bicyclic) bond motifs is 1. The number of nitrogens with one attached hydrogen (secondary N) is 1. The van der Waals surface area contributed by atoms with Crippen molar-refractivity contribution in [3.8, 4) is 11.9 Å². The summed E-state index contributed by atoms with van der Waals surface area (Å²) in [6.07, 6.45) is 1.65. The van der Waals surface area contributed by atoms with Crippen LogP contribution < -0.4 is 10.1 Å². The van der Waals surface area contributed by atoms with Crippen LogP contribution in [-0.2, 0) is 0 Å². The molecule has 0 radical (unpaired) electrons. The fourth-order valence-corrected chi connectivity index (χ4v) is 2.05. The molecule has 0 saturated carbocycles. The third-order valence-corrected chi connectivity index (χ3v) is 3.05. The fraction of sp³-hybridized carbons (Fsp3) is 0.0625. The Morgan fingerprint density at radius 1 is 1.19 bits per heavy atom. The van der Waals surface area contributed by atoms with Crippen molar-refractivity contribution >= 4 is 22.4 Å². The SMILES string of the molecule is COc1ccc(Nc2cc(C#N)c3ccccc3n2)cn1. The molecule has 0 saturated heterocycles. The molecule has 5 nitrogen and oxygen atoms in total. The quantitative estimate of drug-likeness (QED) is 0.795. The Morgan fingerprint density at radius 3 is 2.76 bits per heavy atom. The number of ether oxygens (including phenoxy) is 1. The minimum Gasteiger partial charge on any atom is -0.481 e. The maximum absolute atomic E-state index is 9.26. The molecule has 1 N–H and O–H groups in total. The average molecular weight is 276 g/mol. The summed E-state index contributed by atoms with van der Waals surface area (Å²) >= 11 is 0. The number of para-hydroxylation sites is 1. The highest BCUT2D eigenvalue weighted by molar-refractivity contribution is 5.86. The first kappa shape index (κ1) is 12.9. The van der Waals surface area contributed by atoms with E-state index in [2.05, 4.69) is 21.4 Å². The summed E-state index contributed by atoms with van der Waals surface area (Å²) in [5.41, 5.74) is 2.15. The van der Waals surface area contributed by atoms with Gasteiger partial charge < -0.3 is 10.1 Å². The smallest absolute Gasteiger partial charge is 0.213 e. The summed E-state index contributed by atoms with van der Waals surface area (Å²) < 4.78 is 5.02. The molecule has 2 aromatic heterocycles. The number of rotatable bonds is 3.